The highest BCUT2D eigenvalue weighted by atomic mass is 32.2. The summed E-state index contributed by atoms with van der Waals surface area (Å²) in [6.45, 7) is 2.35. The van der Waals surface area contributed by atoms with Gasteiger partial charge in [0.25, 0.3) is 16.0 Å². The van der Waals surface area contributed by atoms with E-state index in [1.165, 1.54) is 0 Å². The summed E-state index contributed by atoms with van der Waals surface area (Å²) in [5, 5.41) is 11.4. The molecule has 0 aromatic heterocycles. The Morgan fingerprint density at radius 1 is 1.10 bits per heavy atom. The molecule has 0 aliphatic carbocycles. The lowest BCUT2D eigenvalue weighted by atomic mass is 9.98. The third-order valence-corrected chi connectivity index (χ3v) is 4.83. The third kappa shape index (κ3) is 6.58. The van der Waals surface area contributed by atoms with Crippen LogP contribution in [0.25, 0.3) is 11.1 Å². The van der Waals surface area contributed by atoms with E-state index in [0.717, 1.165) is 12.8 Å². The maximum Gasteiger partial charge on any atom is 0.327 e. The molecular weight excluding hydrogens is 398 g/mol. The quantitative estimate of drug-likeness (QED) is 0.397. The molecule has 29 heavy (non-hydrogen) atoms. The fourth-order valence-corrected chi connectivity index (χ4v) is 3.33. The van der Waals surface area contributed by atoms with Crippen LogP contribution in [0.3, 0.4) is 0 Å². The number of carbonyl (C=O) groups is 2. The zero-order chi connectivity index (χ0) is 21.4. The van der Waals surface area contributed by atoms with E-state index in [1.54, 1.807) is 42.5 Å². The molecule has 0 aliphatic rings. The molecule has 0 saturated heterocycles. The summed E-state index contributed by atoms with van der Waals surface area (Å²) in [7, 11) is -4.61. The van der Waals surface area contributed by atoms with Crippen molar-refractivity contribution >= 4 is 22.0 Å². The molecule has 8 nitrogen and oxygen atoms in total. The topological polar surface area (TPSA) is 130 Å². The van der Waals surface area contributed by atoms with Crippen LogP contribution in [0.5, 0.6) is 5.75 Å². The SMILES string of the molecule is CCCCOc1cccc(-c2ccccc2)c1C(=O)N[C@@H](CS(=O)(=O)O)C(=O)O. The molecular formula is C20H23NO7S. The Labute approximate surface area is 169 Å². The van der Waals surface area contributed by atoms with Crippen LogP contribution in [0.2, 0.25) is 0 Å². The maximum absolute atomic E-state index is 13.0. The van der Waals surface area contributed by atoms with Crippen molar-refractivity contribution in [2.24, 2.45) is 0 Å². The zero-order valence-corrected chi connectivity index (χ0v) is 16.7. The molecule has 0 unspecified atom stereocenters. The van der Waals surface area contributed by atoms with Crippen molar-refractivity contribution in [1.29, 1.82) is 0 Å². The fourth-order valence-electron chi connectivity index (χ4n) is 2.69. The van der Waals surface area contributed by atoms with Gasteiger partial charge in [-0.2, -0.15) is 8.42 Å². The van der Waals surface area contributed by atoms with Crippen molar-refractivity contribution in [2.75, 3.05) is 12.4 Å². The second-order valence-corrected chi connectivity index (χ2v) is 7.86. The minimum atomic E-state index is -4.61. The number of nitrogens with one attached hydrogen (secondary N) is 1. The number of unbranched alkanes of at least 4 members (excludes halogenated alkanes) is 1. The molecule has 2 aromatic carbocycles. The molecule has 3 N–H and O–H groups in total. The molecule has 0 saturated carbocycles. The zero-order valence-electron chi connectivity index (χ0n) is 15.9. The number of carboxylic acid groups (broad SMARTS) is 1. The summed E-state index contributed by atoms with van der Waals surface area (Å²) in [4.78, 5) is 24.3. The third-order valence-electron chi connectivity index (χ3n) is 4.07. The number of hydrogen-bond donors (Lipinski definition) is 3. The first-order valence-electron chi connectivity index (χ1n) is 9.03. The smallest absolute Gasteiger partial charge is 0.327 e. The van der Waals surface area contributed by atoms with Gasteiger partial charge in [0.15, 0.2) is 0 Å². The number of carboxylic acids is 1. The highest BCUT2D eigenvalue weighted by Gasteiger charge is 2.28. The van der Waals surface area contributed by atoms with Gasteiger partial charge in [0, 0.05) is 0 Å². The summed E-state index contributed by atoms with van der Waals surface area (Å²) in [6.07, 6.45) is 1.65. The minimum absolute atomic E-state index is 0.0939. The number of amides is 1. The molecule has 0 fully saturated rings. The summed E-state index contributed by atoms with van der Waals surface area (Å²) >= 11 is 0. The highest BCUT2D eigenvalue weighted by Crippen LogP contribution is 2.31. The molecule has 0 aliphatic heterocycles. The number of carbonyl (C=O) groups excluding carboxylic acids is 1. The molecule has 0 heterocycles. The van der Waals surface area contributed by atoms with Gasteiger partial charge in [-0.15, -0.1) is 0 Å². The normalized spacial score (nSPS) is 12.2. The molecule has 156 valence electrons. The molecule has 2 rings (SSSR count). The summed E-state index contributed by atoms with van der Waals surface area (Å²) in [5.74, 6) is -3.28. The van der Waals surface area contributed by atoms with E-state index in [-0.39, 0.29) is 11.3 Å². The van der Waals surface area contributed by atoms with Crippen molar-refractivity contribution in [1.82, 2.24) is 5.32 Å². The van der Waals surface area contributed by atoms with E-state index in [9.17, 15) is 23.1 Å². The fraction of sp³-hybridized carbons (Fsp3) is 0.300. The van der Waals surface area contributed by atoms with Crippen molar-refractivity contribution in [3.63, 3.8) is 0 Å². The highest BCUT2D eigenvalue weighted by molar-refractivity contribution is 7.85. The standard InChI is InChI=1S/C20H23NO7S/c1-2-3-12-28-17-11-7-10-15(14-8-5-4-6-9-14)18(17)19(22)21-16(20(23)24)13-29(25,26)27/h4-11,16H,2-3,12-13H2,1H3,(H,21,22)(H,23,24)(H,25,26,27)/t16-/m0/s1. The van der Waals surface area contributed by atoms with Crippen LogP contribution in [-0.2, 0) is 14.9 Å². The first-order chi connectivity index (χ1) is 13.7. The lowest BCUT2D eigenvalue weighted by Gasteiger charge is -2.18. The minimum Gasteiger partial charge on any atom is -0.493 e. The first kappa shape index (κ1) is 22.4. The van der Waals surface area contributed by atoms with Crippen molar-refractivity contribution < 1.29 is 32.4 Å². The summed E-state index contributed by atoms with van der Waals surface area (Å²) in [5.41, 5.74) is 1.31. The van der Waals surface area contributed by atoms with E-state index in [0.29, 0.717) is 17.7 Å². The van der Waals surface area contributed by atoms with Gasteiger partial charge in [-0.25, -0.2) is 4.79 Å². The molecule has 1 amide bonds. The first-order valence-corrected chi connectivity index (χ1v) is 10.6. The van der Waals surface area contributed by atoms with Crippen LogP contribution in [0, 0.1) is 0 Å². The average molecular weight is 421 g/mol. The molecule has 0 spiro atoms. The molecule has 9 heteroatoms. The van der Waals surface area contributed by atoms with E-state index < -0.39 is 33.8 Å². The van der Waals surface area contributed by atoms with E-state index in [1.807, 2.05) is 13.0 Å². The number of benzene rings is 2. The molecule has 0 radical (unpaired) electrons. The predicted octanol–water partition coefficient (Wildman–Crippen LogP) is 2.60. The largest absolute Gasteiger partial charge is 0.493 e. The van der Waals surface area contributed by atoms with Gasteiger partial charge in [-0.1, -0.05) is 55.8 Å². The van der Waals surface area contributed by atoms with Gasteiger partial charge < -0.3 is 15.2 Å². The Morgan fingerprint density at radius 2 is 1.79 bits per heavy atom. The summed E-state index contributed by atoms with van der Waals surface area (Å²) in [6, 6.07) is 12.2. The van der Waals surface area contributed by atoms with E-state index in [2.05, 4.69) is 5.32 Å². The van der Waals surface area contributed by atoms with E-state index in [4.69, 9.17) is 9.29 Å². The Bertz CT molecular complexity index is 958. The van der Waals surface area contributed by atoms with Gasteiger partial charge in [0.1, 0.15) is 17.5 Å². The monoisotopic (exact) mass is 421 g/mol. The Balaban J connectivity index is 2.46. The van der Waals surface area contributed by atoms with Crippen molar-refractivity contribution in [3.8, 4) is 16.9 Å². The van der Waals surface area contributed by atoms with Crippen LogP contribution in [-0.4, -0.2) is 48.4 Å². The lowest BCUT2D eigenvalue weighted by molar-refractivity contribution is -0.138. The second kappa shape index (κ2) is 10.0. The van der Waals surface area contributed by atoms with Gasteiger partial charge in [0.2, 0.25) is 0 Å². The van der Waals surface area contributed by atoms with Crippen LogP contribution < -0.4 is 10.1 Å². The van der Waals surface area contributed by atoms with Crippen LogP contribution in [0.15, 0.2) is 48.5 Å². The molecule has 2 aromatic rings. The van der Waals surface area contributed by atoms with Crippen molar-refractivity contribution in [3.05, 3.63) is 54.1 Å². The van der Waals surface area contributed by atoms with Crippen LogP contribution in [0.4, 0.5) is 0 Å². The Kier molecular flexibility index (Phi) is 7.74. The number of aliphatic carboxylic acids is 1. The number of hydrogen-bond acceptors (Lipinski definition) is 5. The maximum atomic E-state index is 13.0. The van der Waals surface area contributed by atoms with Gasteiger partial charge in [0.05, 0.1) is 12.2 Å². The van der Waals surface area contributed by atoms with E-state index >= 15 is 0 Å². The van der Waals surface area contributed by atoms with Crippen LogP contribution >= 0.6 is 0 Å². The lowest BCUT2D eigenvalue weighted by Crippen LogP contribution is -2.45. The number of ether oxygens (including phenoxy) is 1. The average Bonchev–Trinajstić information content (AvgIpc) is 2.67. The predicted molar refractivity (Wildman–Crippen MR) is 108 cm³/mol. The number of rotatable bonds is 10. The van der Waals surface area contributed by atoms with Crippen LogP contribution in [0.1, 0.15) is 30.1 Å². The van der Waals surface area contributed by atoms with Crippen molar-refractivity contribution in [2.45, 2.75) is 25.8 Å². The summed E-state index contributed by atoms with van der Waals surface area (Å²) < 4.78 is 36.9. The molecule has 1 atom stereocenters. The Hall–Kier alpha value is -2.91. The second-order valence-electron chi connectivity index (χ2n) is 6.36. The van der Waals surface area contributed by atoms with Gasteiger partial charge >= 0.3 is 5.97 Å². The Morgan fingerprint density at radius 3 is 2.38 bits per heavy atom. The van der Waals surface area contributed by atoms with Gasteiger partial charge in [-0.3, -0.25) is 9.35 Å². The van der Waals surface area contributed by atoms with Gasteiger partial charge in [-0.05, 0) is 23.6 Å². The molecule has 0 bridgehead atoms.